The van der Waals surface area contributed by atoms with Crippen LogP contribution in [-0.4, -0.2) is 35.5 Å². The highest BCUT2D eigenvalue weighted by molar-refractivity contribution is 7.13. The molecule has 0 atom stereocenters. The molecule has 1 aromatic heterocycles. The molecule has 0 saturated carbocycles. The standard InChI is InChI=1S/C24H29N3O2S/c1-4-27(5-2)16-18-10-9-11-19(14-18)25-23(28)15-20-17-30-24(26-20)21-12-7-8-13-22(21)29-6-3/h7-14,17H,4-6,15-16H2,1-3H3,(H,25,28). The van der Waals surface area contributed by atoms with Gasteiger partial charge >= 0.3 is 0 Å². The molecule has 158 valence electrons. The second-order valence-corrected chi connectivity index (χ2v) is 7.82. The highest BCUT2D eigenvalue weighted by Crippen LogP contribution is 2.32. The van der Waals surface area contributed by atoms with Gasteiger partial charge in [0.25, 0.3) is 0 Å². The number of nitrogens with zero attached hydrogens (tertiary/aromatic N) is 2. The number of ether oxygens (including phenoxy) is 1. The Kier molecular flexibility index (Phi) is 7.99. The molecule has 6 heteroatoms. The van der Waals surface area contributed by atoms with Crippen molar-refractivity contribution in [1.82, 2.24) is 9.88 Å². The number of aromatic nitrogens is 1. The predicted molar refractivity (Wildman–Crippen MR) is 124 cm³/mol. The Morgan fingerprint density at radius 3 is 2.67 bits per heavy atom. The van der Waals surface area contributed by atoms with Gasteiger partial charge in [-0.25, -0.2) is 4.98 Å². The van der Waals surface area contributed by atoms with Crippen LogP contribution in [0, 0.1) is 0 Å². The summed E-state index contributed by atoms with van der Waals surface area (Å²) in [5, 5.41) is 5.81. The lowest BCUT2D eigenvalue weighted by Gasteiger charge is -2.18. The van der Waals surface area contributed by atoms with Crippen molar-refractivity contribution < 1.29 is 9.53 Å². The van der Waals surface area contributed by atoms with E-state index in [-0.39, 0.29) is 12.3 Å². The van der Waals surface area contributed by atoms with Gasteiger partial charge in [0.15, 0.2) is 0 Å². The maximum absolute atomic E-state index is 12.6. The van der Waals surface area contributed by atoms with E-state index in [4.69, 9.17) is 4.74 Å². The molecule has 0 aliphatic heterocycles. The van der Waals surface area contributed by atoms with Crippen LogP contribution in [0.3, 0.4) is 0 Å². The summed E-state index contributed by atoms with van der Waals surface area (Å²) in [6, 6.07) is 15.9. The van der Waals surface area contributed by atoms with E-state index >= 15 is 0 Å². The lowest BCUT2D eigenvalue weighted by Crippen LogP contribution is -2.22. The topological polar surface area (TPSA) is 54.5 Å². The second kappa shape index (κ2) is 10.9. The zero-order chi connectivity index (χ0) is 21.3. The van der Waals surface area contributed by atoms with Crippen LogP contribution in [0.5, 0.6) is 5.75 Å². The van der Waals surface area contributed by atoms with Gasteiger partial charge in [0.1, 0.15) is 10.8 Å². The number of hydrogen-bond acceptors (Lipinski definition) is 5. The molecule has 0 bridgehead atoms. The molecule has 1 amide bonds. The largest absolute Gasteiger partial charge is 0.493 e. The van der Waals surface area contributed by atoms with Crippen LogP contribution in [0.2, 0.25) is 0 Å². The van der Waals surface area contributed by atoms with Crippen molar-refractivity contribution in [2.24, 2.45) is 0 Å². The number of carbonyl (C=O) groups is 1. The summed E-state index contributed by atoms with van der Waals surface area (Å²) in [5.74, 6) is 0.750. The van der Waals surface area contributed by atoms with Crippen molar-refractivity contribution in [2.45, 2.75) is 33.7 Å². The summed E-state index contributed by atoms with van der Waals surface area (Å²) in [6.45, 7) is 9.77. The lowest BCUT2D eigenvalue weighted by atomic mass is 10.2. The van der Waals surface area contributed by atoms with Gasteiger partial charge in [-0.3, -0.25) is 9.69 Å². The van der Waals surface area contributed by atoms with Crippen molar-refractivity contribution in [3.8, 4) is 16.3 Å². The van der Waals surface area contributed by atoms with Crippen molar-refractivity contribution in [3.05, 3.63) is 65.2 Å². The van der Waals surface area contributed by atoms with Gasteiger partial charge < -0.3 is 10.1 Å². The summed E-state index contributed by atoms with van der Waals surface area (Å²) in [6.07, 6.45) is 0.244. The Balaban J connectivity index is 1.64. The van der Waals surface area contributed by atoms with Crippen molar-refractivity contribution in [2.75, 3.05) is 25.0 Å². The van der Waals surface area contributed by atoms with Crippen molar-refractivity contribution in [3.63, 3.8) is 0 Å². The summed E-state index contributed by atoms with van der Waals surface area (Å²) < 4.78 is 5.70. The van der Waals surface area contributed by atoms with E-state index < -0.39 is 0 Å². The zero-order valence-corrected chi connectivity index (χ0v) is 18.7. The third-order valence-corrected chi connectivity index (χ3v) is 5.75. The van der Waals surface area contributed by atoms with Gasteiger partial charge in [-0.15, -0.1) is 11.3 Å². The fraction of sp³-hybridized carbons (Fsp3) is 0.333. The number of rotatable bonds is 10. The molecule has 2 aromatic carbocycles. The molecule has 0 aliphatic rings. The molecule has 0 fully saturated rings. The SMILES string of the molecule is CCOc1ccccc1-c1nc(CC(=O)Nc2cccc(CN(CC)CC)c2)cs1. The molecule has 0 saturated heterocycles. The number of anilines is 1. The molecule has 30 heavy (non-hydrogen) atoms. The summed E-state index contributed by atoms with van der Waals surface area (Å²) >= 11 is 1.53. The van der Waals surface area contributed by atoms with Crippen LogP contribution >= 0.6 is 11.3 Å². The minimum absolute atomic E-state index is 0.0649. The first-order valence-corrected chi connectivity index (χ1v) is 11.3. The van der Waals surface area contributed by atoms with Gasteiger partial charge in [-0.05, 0) is 49.8 Å². The summed E-state index contributed by atoms with van der Waals surface area (Å²) in [4.78, 5) is 19.6. The molecule has 0 unspecified atom stereocenters. The zero-order valence-electron chi connectivity index (χ0n) is 17.9. The number of nitrogens with one attached hydrogen (secondary N) is 1. The molecule has 0 spiro atoms. The fourth-order valence-corrected chi connectivity index (χ4v) is 4.11. The summed E-state index contributed by atoms with van der Waals surface area (Å²) in [7, 11) is 0. The Morgan fingerprint density at radius 2 is 1.90 bits per heavy atom. The maximum Gasteiger partial charge on any atom is 0.230 e. The third-order valence-electron chi connectivity index (χ3n) is 4.82. The fourth-order valence-electron chi connectivity index (χ4n) is 3.26. The molecule has 3 aromatic rings. The number of amides is 1. The molecule has 0 radical (unpaired) electrons. The molecule has 1 N–H and O–H groups in total. The second-order valence-electron chi connectivity index (χ2n) is 6.96. The van der Waals surface area contributed by atoms with E-state index in [1.165, 1.54) is 16.9 Å². The lowest BCUT2D eigenvalue weighted by molar-refractivity contribution is -0.115. The number of para-hydroxylation sites is 1. The molecule has 1 heterocycles. The highest BCUT2D eigenvalue weighted by atomic mass is 32.1. The van der Waals surface area contributed by atoms with Crippen LogP contribution in [0.4, 0.5) is 5.69 Å². The Morgan fingerprint density at radius 1 is 1.10 bits per heavy atom. The normalized spacial score (nSPS) is 10.9. The third kappa shape index (κ3) is 5.90. The highest BCUT2D eigenvalue weighted by Gasteiger charge is 2.13. The molecule has 3 rings (SSSR count). The van der Waals surface area contributed by atoms with Gasteiger partial charge in [0.05, 0.1) is 24.3 Å². The van der Waals surface area contributed by atoms with E-state index in [0.717, 1.165) is 47.3 Å². The predicted octanol–water partition coefficient (Wildman–Crippen LogP) is 5.23. The monoisotopic (exact) mass is 423 g/mol. The number of benzene rings is 2. The van der Waals surface area contributed by atoms with E-state index in [0.29, 0.717) is 6.61 Å². The van der Waals surface area contributed by atoms with Crippen LogP contribution in [0.15, 0.2) is 53.9 Å². The van der Waals surface area contributed by atoms with Crippen LogP contribution < -0.4 is 10.1 Å². The quantitative estimate of drug-likeness (QED) is 0.485. The van der Waals surface area contributed by atoms with Crippen LogP contribution in [0.25, 0.3) is 10.6 Å². The first-order chi connectivity index (χ1) is 14.6. The Hall–Kier alpha value is -2.70. The van der Waals surface area contributed by atoms with Crippen molar-refractivity contribution in [1.29, 1.82) is 0 Å². The van der Waals surface area contributed by atoms with Crippen LogP contribution in [0.1, 0.15) is 32.0 Å². The molecule has 0 aliphatic carbocycles. The first-order valence-electron chi connectivity index (χ1n) is 10.4. The molecule has 5 nitrogen and oxygen atoms in total. The van der Waals surface area contributed by atoms with Gasteiger partial charge in [0.2, 0.25) is 5.91 Å². The maximum atomic E-state index is 12.6. The van der Waals surface area contributed by atoms with Crippen molar-refractivity contribution >= 4 is 22.9 Å². The van der Waals surface area contributed by atoms with Gasteiger partial charge in [-0.1, -0.05) is 38.1 Å². The van der Waals surface area contributed by atoms with E-state index in [1.54, 1.807) is 0 Å². The number of carbonyl (C=O) groups excluding carboxylic acids is 1. The van der Waals surface area contributed by atoms with E-state index in [9.17, 15) is 4.79 Å². The number of hydrogen-bond donors (Lipinski definition) is 1. The van der Waals surface area contributed by atoms with Crippen LogP contribution in [-0.2, 0) is 17.8 Å². The smallest absolute Gasteiger partial charge is 0.230 e. The number of thiazole rings is 1. The average molecular weight is 424 g/mol. The van der Waals surface area contributed by atoms with Gasteiger partial charge in [-0.2, -0.15) is 0 Å². The minimum Gasteiger partial charge on any atom is -0.493 e. The Labute approximate surface area is 182 Å². The average Bonchev–Trinajstić information content (AvgIpc) is 3.21. The van der Waals surface area contributed by atoms with Gasteiger partial charge in [0, 0.05) is 17.6 Å². The molecular formula is C24H29N3O2S. The molecular weight excluding hydrogens is 394 g/mol. The first kappa shape index (κ1) is 22.0. The van der Waals surface area contributed by atoms with E-state index in [1.807, 2.05) is 54.8 Å². The van der Waals surface area contributed by atoms with E-state index in [2.05, 4.69) is 35.1 Å². The summed E-state index contributed by atoms with van der Waals surface area (Å²) in [5.41, 5.74) is 3.74. The minimum atomic E-state index is -0.0649. The Bertz CT molecular complexity index is 966.